The van der Waals surface area contributed by atoms with Crippen LogP contribution in [-0.2, 0) is 13.0 Å². The van der Waals surface area contributed by atoms with Crippen molar-refractivity contribution in [3.63, 3.8) is 0 Å². The highest BCUT2D eigenvalue weighted by Gasteiger charge is 2.20. The summed E-state index contributed by atoms with van der Waals surface area (Å²) in [7, 11) is 0. The number of aryl methyl sites for hydroxylation is 1. The van der Waals surface area contributed by atoms with E-state index in [2.05, 4.69) is 22.0 Å². The molecule has 0 bridgehead atoms. The van der Waals surface area contributed by atoms with Crippen LogP contribution < -0.4 is 0 Å². The average Bonchev–Trinajstić information content (AvgIpc) is 2.54. The molecule has 0 spiro atoms. The van der Waals surface area contributed by atoms with E-state index >= 15 is 0 Å². The Bertz CT molecular complexity index is 601. The molecule has 0 aliphatic carbocycles. The maximum Gasteiger partial charge on any atom is 0.126 e. The van der Waals surface area contributed by atoms with Gasteiger partial charge < -0.3 is 0 Å². The molecule has 116 valence electrons. The van der Waals surface area contributed by atoms with Crippen LogP contribution in [0.2, 0.25) is 0 Å². The monoisotopic (exact) mass is 298 g/mol. The van der Waals surface area contributed by atoms with Gasteiger partial charge in [-0.05, 0) is 68.5 Å². The molecule has 1 aliphatic rings. The zero-order valence-corrected chi connectivity index (χ0v) is 13.1. The summed E-state index contributed by atoms with van der Waals surface area (Å²) in [6.45, 7) is 5.16. The Morgan fingerprint density at radius 1 is 1.14 bits per heavy atom. The van der Waals surface area contributed by atoms with Crippen molar-refractivity contribution in [2.75, 3.05) is 13.1 Å². The van der Waals surface area contributed by atoms with Crippen LogP contribution >= 0.6 is 0 Å². The minimum atomic E-state index is -0.0596. The highest BCUT2D eigenvalue weighted by atomic mass is 19.1. The van der Waals surface area contributed by atoms with Crippen LogP contribution in [0.1, 0.15) is 29.7 Å². The van der Waals surface area contributed by atoms with Gasteiger partial charge in [0.05, 0.1) is 0 Å². The first-order valence-corrected chi connectivity index (χ1v) is 8.08. The van der Waals surface area contributed by atoms with Crippen LogP contribution in [0, 0.1) is 18.7 Å². The van der Waals surface area contributed by atoms with Crippen LogP contribution in [0.15, 0.2) is 42.6 Å². The second-order valence-electron chi connectivity index (χ2n) is 6.32. The molecule has 0 saturated carbocycles. The normalized spacial score (nSPS) is 16.8. The molecule has 2 aromatic rings. The Balaban J connectivity index is 1.50. The third kappa shape index (κ3) is 3.92. The lowest BCUT2D eigenvalue weighted by atomic mass is 9.90. The van der Waals surface area contributed by atoms with Crippen molar-refractivity contribution in [1.82, 2.24) is 9.88 Å². The third-order valence-corrected chi connectivity index (χ3v) is 4.55. The van der Waals surface area contributed by atoms with E-state index in [-0.39, 0.29) is 5.82 Å². The van der Waals surface area contributed by atoms with Gasteiger partial charge in [0, 0.05) is 18.4 Å². The Morgan fingerprint density at radius 3 is 2.59 bits per heavy atom. The second-order valence-corrected chi connectivity index (χ2v) is 6.32. The molecule has 0 N–H and O–H groups in total. The summed E-state index contributed by atoms with van der Waals surface area (Å²) in [5.41, 5.74) is 3.20. The van der Waals surface area contributed by atoms with Crippen LogP contribution in [0.4, 0.5) is 4.39 Å². The molecule has 1 aromatic carbocycles. The molecule has 0 amide bonds. The van der Waals surface area contributed by atoms with Gasteiger partial charge in [-0.3, -0.25) is 9.88 Å². The van der Waals surface area contributed by atoms with Crippen molar-refractivity contribution in [3.05, 3.63) is 65.2 Å². The smallest absolute Gasteiger partial charge is 0.126 e. The van der Waals surface area contributed by atoms with Gasteiger partial charge >= 0.3 is 0 Å². The number of halogens is 1. The highest BCUT2D eigenvalue weighted by Crippen LogP contribution is 2.23. The van der Waals surface area contributed by atoms with E-state index in [9.17, 15) is 4.39 Å². The number of aromatic nitrogens is 1. The number of nitrogens with zero attached hydrogens (tertiary/aromatic N) is 2. The first-order chi connectivity index (χ1) is 10.7. The van der Waals surface area contributed by atoms with Gasteiger partial charge in [-0.15, -0.1) is 0 Å². The average molecular weight is 298 g/mol. The first kappa shape index (κ1) is 15.2. The fraction of sp³-hybridized carbons (Fsp3) is 0.421. The fourth-order valence-corrected chi connectivity index (χ4v) is 3.17. The Labute approximate surface area is 132 Å². The molecule has 1 aromatic heterocycles. The van der Waals surface area contributed by atoms with Crippen molar-refractivity contribution in [2.24, 2.45) is 5.92 Å². The van der Waals surface area contributed by atoms with Gasteiger partial charge in [0.15, 0.2) is 0 Å². The minimum absolute atomic E-state index is 0.0596. The Kier molecular flexibility index (Phi) is 4.84. The van der Waals surface area contributed by atoms with E-state index in [1.165, 1.54) is 5.56 Å². The minimum Gasteiger partial charge on any atom is -0.299 e. The van der Waals surface area contributed by atoms with Crippen LogP contribution in [-0.4, -0.2) is 23.0 Å². The van der Waals surface area contributed by atoms with Crippen molar-refractivity contribution in [1.29, 1.82) is 0 Å². The van der Waals surface area contributed by atoms with Crippen LogP contribution in [0.3, 0.4) is 0 Å². The number of benzene rings is 1. The number of pyridine rings is 1. The molecule has 1 aliphatic heterocycles. The van der Waals surface area contributed by atoms with E-state index in [0.717, 1.165) is 50.2 Å². The Morgan fingerprint density at radius 2 is 1.91 bits per heavy atom. The lowest BCUT2D eigenvalue weighted by molar-refractivity contribution is 0.176. The molecule has 3 heteroatoms. The predicted octanol–water partition coefficient (Wildman–Crippen LogP) is 3.98. The molecule has 0 radical (unpaired) electrons. The molecular formula is C19H23FN2. The number of hydrogen-bond acceptors (Lipinski definition) is 2. The Hall–Kier alpha value is -1.74. The van der Waals surface area contributed by atoms with Gasteiger partial charge in [-0.25, -0.2) is 4.39 Å². The van der Waals surface area contributed by atoms with Crippen molar-refractivity contribution >= 4 is 0 Å². The highest BCUT2D eigenvalue weighted by molar-refractivity contribution is 5.18. The van der Waals surface area contributed by atoms with Gasteiger partial charge in [0.2, 0.25) is 0 Å². The maximum absolute atomic E-state index is 13.7. The maximum atomic E-state index is 13.7. The van der Waals surface area contributed by atoms with Gasteiger partial charge in [0.25, 0.3) is 0 Å². The van der Waals surface area contributed by atoms with E-state index < -0.39 is 0 Å². The van der Waals surface area contributed by atoms with Gasteiger partial charge in [0.1, 0.15) is 5.82 Å². The topological polar surface area (TPSA) is 16.1 Å². The number of rotatable bonds is 4. The van der Waals surface area contributed by atoms with Crippen molar-refractivity contribution in [2.45, 2.75) is 32.7 Å². The quantitative estimate of drug-likeness (QED) is 0.848. The largest absolute Gasteiger partial charge is 0.299 e. The number of likely N-dealkylation sites (tertiary alicyclic amines) is 1. The zero-order valence-electron chi connectivity index (χ0n) is 13.1. The molecule has 2 heterocycles. The third-order valence-electron chi connectivity index (χ3n) is 4.55. The van der Waals surface area contributed by atoms with Gasteiger partial charge in [-0.2, -0.15) is 0 Å². The lowest BCUT2D eigenvalue weighted by Gasteiger charge is -2.32. The molecule has 1 fully saturated rings. The molecule has 3 rings (SSSR count). The molecule has 2 nitrogen and oxygen atoms in total. The standard InChI is InChI=1S/C19H23FN2/c1-15-6-7-17(13-21-15)14-22-10-8-16(9-11-22)12-18-4-2-3-5-19(18)20/h2-7,13,16H,8-12,14H2,1H3. The fourth-order valence-electron chi connectivity index (χ4n) is 3.17. The predicted molar refractivity (Wildman–Crippen MR) is 87.1 cm³/mol. The van der Waals surface area contributed by atoms with E-state index in [0.29, 0.717) is 5.92 Å². The molecule has 1 saturated heterocycles. The molecular weight excluding hydrogens is 275 g/mol. The van der Waals surface area contributed by atoms with Crippen LogP contribution in [0.25, 0.3) is 0 Å². The summed E-state index contributed by atoms with van der Waals surface area (Å²) in [5, 5.41) is 0. The summed E-state index contributed by atoms with van der Waals surface area (Å²) < 4.78 is 13.7. The van der Waals surface area contributed by atoms with Crippen LogP contribution in [0.5, 0.6) is 0 Å². The lowest BCUT2D eigenvalue weighted by Crippen LogP contribution is -2.34. The van der Waals surface area contributed by atoms with E-state index in [4.69, 9.17) is 0 Å². The summed E-state index contributed by atoms with van der Waals surface area (Å²) >= 11 is 0. The molecule has 0 atom stereocenters. The second kappa shape index (κ2) is 7.01. The summed E-state index contributed by atoms with van der Waals surface area (Å²) in [5.74, 6) is 0.542. The van der Waals surface area contributed by atoms with E-state index in [1.54, 1.807) is 12.1 Å². The van der Waals surface area contributed by atoms with Gasteiger partial charge in [-0.1, -0.05) is 24.3 Å². The zero-order chi connectivity index (χ0) is 15.4. The summed E-state index contributed by atoms with van der Waals surface area (Å²) in [4.78, 5) is 6.83. The summed E-state index contributed by atoms with van der Waals surface area (Å²) in [6, 6.07) is 11.4. The molecule has 22 heavy (non-hydrogen) atoms. The van der Waals surface area contributed by atoms with Crippen molar-refractivity contribution in [3.8, 4) is 0 Å². The number of piperidine rings is 1. The van der Waals surface area contributed by atoms with E-state index in [1.807, 2.05) is 25.3 Å². The van der Waals surface area contributed by atoms with Crippen molar-refractivity contribution < 1.29 is 4.39 Å². The SMILES string of the molecule is Cc1ccc(CN2CCC(Cc3ccccc3F)CC2)cn1. The first-order valence-electron chi connectivity index (χ1n) is 8.08. The molecule has 0 unspecified atom stereocenters. The number of hydrogen-bond donors (Lipinski definition) is 0. The summed E-state index contributed by atoms with van der Waals surface area (Å²) in [6.07, 6.45) is 5.13.